The molecule has 3 rings (SSSR count). The second kappa shape index (κ2) is 8.00. The minimum absolute atomic E-state index is 0.0707. The van der Waals surface area contributed by atoms with Gasteiger partial charge in [0.15, 0.2) is 5.82 Å². The van der Waals surface area contributed by atoms with Crippen LogP contribution in [0.2, 0.25) is 0 Å². The van der Waals surface area contributed by atoms with Gasteiger partial charge in [0.2, 0.25) is 0 Å². The molecule has 1 aromatic carbocycles. The predicted octanol–water partition coefficient (Wildman–Crippen LogP) is 2.31. The number of hydrogen-bond acceptors (Lipinski definition) is 4. The van der Waals surface area contributed by atoms with Crippen LogP contribution < -0.4 is 10.6 Å². The summed E-state index contributed by atoms with van der Waals surface area (Å²) in [6.07, 6.45) is 4.39. The maximum absolute atomic E-state index is 12.1. The molecule has 0 bridgehead atoms. The highest BCUT2D eigenvalue weighted by atomic mass is 16.3. The maximum Gasteiger partial charge on any atom is 0.315 e. The predicted molar refractivity (Wildman–Crippen MR) is 94.3 cm³/mol. The quantitative estimate of drug-likeness (QED) is 0.702. The Morgan fingerprint density at radius 1 is 1.36 bits per heavy atom. The second-order valence-corrected chi connectivity index (χ2v) is 6.33. The summed E-state index contributed by atoms with van der Waals surface area (Å²) in [6.45, 7) is 3.51. The van der Waals surface area contributed by atoms with Crippen molar-refractivity contribution < 1.29 is 9.90 Å². The van der Waals surface area contributed by atoms with E-state index in [9.17, 15) is 9.90 Å². The Morgan fingerprint density at radius 3 is 2.92 bits per heavy atom. The van der Waals surface area contributed by atoms with Gasteiger partial charge in [0.25, 0.3) is 0 Å². The lowest BCUT2D eigenvalue weighted by Crippen LogP contribution is -2.40. The van der Waals surface area contributed by atoms with Gasteiger partial charge in [0.1, 0.15) is 11.6 Å². The molecular formula is C18H25N5O2. The van der Waals surface area contributed by atoms with Crippen molar-refractivity contribution >= 4 is 6.03 Å². The summed E-state index contributed by atoms with van der Waals surface area (Å²) >= 11 is 0. The van der Waals surface area contributed by atoms with Crippen molar-refractivity contribution in [1.82, 2.24) is 25.4 Å². The number of phenols is 1. The summed E-state index contributed by atoms with van der Waals surface area (Å²) in [5.74, 6) is 1.97. The molecule has 0 unspecified atom stereocenters. The van der Waals surface area contributed by atoms with E-state index in [1.165, 1.54) is 0 Å². The van der Waals surface area contributed by atoms with Crippen molar-refractivity contribution in [3.05, 3.63) is 41.5 Å². The SMILES string of the molecule is CCc1nc2n(n1)CCC[C@@H]2NC(=O)NCCCc1ccc(O)cc1. The van der Waals surface area contributed by atoms with Crippen molar-refractivity contribution in [2.24, 2.45) is 0 Å². The third-order valence-corrected chi connectivity index (χ3v) is 4.40. The summed E-state index contributed by atoms with van der Waals surface area (Å²) in [4.78, 5) is 16.7. The molecule has 7 heteroatoms. The largest absolute Gasteiger partial charge is 0.508 e. The van der Waals surface area contributed by atoms with E-state index in [2.05, 4.69) is 20.7 Å². The standard InChI is InChI=1S/C18H25N5O2/c1-2-16-21-17-15(6-4-12-23(17)22-16)20-18(25)19-11-3-5-13-7-9-14(24)10-8-13/h7-10,15,24H,2-6,11-12H2,1H3,(H2,19,20,25)/t15-/m0/s1. The van der Waals surface area contributed by atoms with E-state index in [0.29, 0.717) is 6.54 Å². The molecule has 25 heavy (non-hydrogen) atoms. The molecule has 0 saturated carbocycles. The van der Waals surface area contributed by atoms with Gasteiger partial charge in [-0.05, 0) is 43.4 Å². The lowest BCUT2D eigenvalue weighted by molar-refractivity contribution is 0.232. The van der Waals surface area contributed by atoms with Crippen molar-refractivity contribution in [3.63, 3.8) is 0 Å². The van der Waals surface area contributed by atoms with Crippen LogP contribution >= 0.6 is 0 Å². The molecule has 2 heterocycles. The number of nitrogens with one attached hydrogen (secondary N) is 2. The Hall–Kier alpha value is -2.57. The molecule has 7 nitrogen and oxygen atoms in total. The van der Waals surface area contributed by atoms with Crippen LogP contribution in [-0.2, 0) is 19.4 Å². The first-order valence-corrected chi connectivity index (χ1v) is 8.91. The van der Waals surface area contributed by atoms with Gasteiger partial charge in [-0.15, -0.1) is 0 Å². The average Bonchev–Trinajstić information content (AvgIpc) is 3.05. The van der Waals surface area contributed by atoms with Gasteiger partial charge >= 0.3 is 6.03 Å². The van der Waals surface area contributed by atoms with Gasteiger partial charge in [0.05, 0.1) is 6.04 Å². The van der Waals surface area contributed by atoms with Crippen LogP contribution in [0.4, 0.5) is 4.79 Å². The molecule has 1 atom stereocenters. The number of carbonyl (C=O) groups excluding carboxylic acids is 1. The number of benzene rings is 1. The molecule has 3 N–H and O–H groups in total. The number of nitrogens with zero attached hydrogens (tertiary/aromatic N) is 3. The van der Waals surface area contributed by atoms with E-state index in [0.717, 1.165) is 55.9 Å². The third kappa shape index (κ3) is 4.49. The number of amides is 2. The molecule has 134 valence electrons. The molecule has 1 aromatic heterocycles. The highest BCUT2D eigenvalue weighted by molar-refractivity contribution is 5.74. The highest BCUT2D eigenvalue weighted by Crippen LogP contribution is 2.23. The number of phenolic OH excluding ortho intramolecular Hbond substituents is 1. The number of fused-ring (bicyclic) bond motifs is 1. The Morgan fingerprint density at radius 2 is 2.16 bits per heavy atom. The van der Waals surface area contributed by atoms with Gasteiger partial charge in [-0.1, -0.05) is 19.1 Å². The van der Waals surface area contributed by atoms with Gasteiger partial charge in [-0.3, -0.25) is 0 Å². The summed E-state index contributed by atoms with van der Waals surface area (Å²) < 4.78 is 1.91. The Balaban J connectivity index is 1.44. The van der Waals surface area contributed by atoms with Crippen LogP contribution in [0.1, 0.15) is 49.4 Å². The number of urea groups is 1. The van der Waals surface area contributed by atoms with E-state index in [-0.39, 0.29) is 17.8 Å². The van der Waals surface area contributed by atoms with E-state index in [1.54, 1.807) is 12.1 Å². The molecule has 0 spiro atoms. The average molecular weight is 343 g/mol. The Kier molecular flexibility index (Phi) is 5.53. The fraction of sp³-hybridized carbons (Fsp3) is 0.500. The number of rotatable bonds is 6. The fourth-order valence-electron chi connectivity index (χ4n) is 3.05. The van der Waals surface area contributed by atoms with Crippen molar-refractivity contribution in [1.29, 1.82) is 0 Å². The second-order valence-electron chi connectivity index (χ2n) is 6.33. The number of aromatic hydroxyl groups is 1. The smallest absolute Gasteiger partial charge is 0.315 e. The lowest BCUT2D eigenvalue weighted by Gasteiger charge is -2.23. The number of aromatic nitrogens is 3. The monoisotopic (exact) mass is 343 g/mol. The molecule has 0 radical (unpaired) electrons. The van der Waals surface area contributed by atoms with Gasteiger partial charge in [-0.2, -0.15) is 5.10 Å². The zero-order valence-corrected chi connectivity index (χ0v) is 14.5. The number of carbonyl (C=O) groups is 1. The first kappa shape index (κ1) is 17.3. The summed E-state index contributed by atoms with van der Waals surface area (Å²) in [7, 11) is 0. The highest BCUT2D eigenvalue weighted by Gasteiger charge is 2.25. The van der Waals surface area contributed by atoms with Crippen LogP contribution in [0, 0.1) is 0 Å². The molecular weight excluding hydrogens is 318 g/mol. The number of hydrogen-bond donors (Lipinski definition) is 3. The van der Waals surface area contributed by atoms with Crippen LogP contribution in [-0.4, -0.2) is 32.4 Å². The first-order valence-electron chi connectivity index (χ1n) is 8.91. The molecule has 2 amide bonds. The van der Waals surface area contributed by atoms with Gasteiger partial charge < -0.3 is 15.7 Å². The van der Waals surface area contributed by atoms with E-state index < -0.39 is 0 Å². The Bertz CT molecular complexity index is 711. The summed E-state index contributed by atoms with van der Waals surface area (Å²) in [5, 5.41) is 19.6. The zero-order chi connectivity index (χ0) is 17.6. The van der Waals surface area contributed by atoms with E-state index >= 15 is 0 Å². The molecule has 0 aliphatic carbocycles. The van der Waals surface area contributed by atoms with Crippen LogP contribution in [0.5, 0.6) is 5.75 Å². The van der Waals surface area contributed by atoms with Crippen molar-refractivity contribution in [3.8, 4) is 5.75 Å². The molecule has 1 aliphatic heterocycles. The summed E-state index contributed by atoms with van der Waals surface area (Å²) in [5.41, 5.74) is 1.15. The van der Waals surface area contributed by atoms with Gasteiger partial charge in [0, 0.05) is 19.5 Å². The van der Waals surface area contributed by atoms with Crippen LogP contribution in [0.3, 0.4) is 0 Å². The maximum atomic E-state index is 12.1. The zero-order valence-electron chi connectivity index (χ0n) is 14.5. The van der Waals surface area contributed by atoms with Gasteiger partial charge in [-0.25, -0.2) is 14.5 Å². The molecule has 2 aromatic rings. The first-order chi connectivity index (χ1) is 12.2. The van der Waals surface area contributed by atoms with E-state index in [1.807, 2.05) is 23.7 Å². The number of aryl methyl sites for hydroxylation is 3. The minimum Gasteiger partial charge on any atom is -0.508 e. The van der Waals surface area contributed by atoms with Crippen molar-refractivity contribution in [2.45, 2.75) is 51.6 Å². The topological polar surface area (TPSA) is 92.1 Å². The fourth-order valence-corrected chi connectivity index (χ4v) is 3.05. The molecule has 1 aliphatic rings. The molecule has 0 saturated heterocycles. The molecule has 0 fully saturated rings. The Labute approximate surface area is 147 Å². The van der Waals surface area contributed by atoms with Crippen molar-refractivity contribution in [2.75, 3.05) is 6.54 Å². The van der Waals surface area contributed by atoms with E-state index in [4.69, 9.17) is 0 Å². The summed E-state index contributed by atoms with van der Waals surface area (Å²) in [6, 6.07) is 6.92. The normalized spacial score (nSPS) is 16.3. The minimum atomic E-state index is -0.162. The third-order valence-electron chi connectivity index (χ3n) is 4.40. The van der Waals surface area contributed by atoms with Crippen LogP contribution in [0.25, 0.3) is 0 Å². The van der Waals surface area contributed by atoms with Crippen LogP contribution in [0.15, 0.2) is 24.3 Å². The lowest BCUT2D eigenvalue weighted by atomic mass is 10.1.